The van der Waals surface area contributed by atoms with Gasteiger partial charge in [-0.25, -0.2) is 4.98 Å². The fraction of sp³-hybridized carbons (Fsp3) is 0.364. The molecule has 0 bridgehead atoms. The predicted octanol–water partition coefficient (Wildman–Crippen LogP) is 1.45. The molecular formula is C11H15N5O2. The van der Waals surface area contributed by atoms with Crippen molar-refractivity contribution in [2.75, 3.05) is 11.1 Å². The summed E-state index contributed by atoms with van der Waals surface area (Å²) in [5.74, 6) is 0.895. The normalized spacial score (nSPS) is 10.6. The van der Waals surface area contributed by atoms with E-state index < -0.39 is 0 Å². The van der Waals surface area contributed by atoms with Crippen molar-refractivity contribution in [3.05, 3.63) is 24.4 Å². The Bertz CT molecular complexity index is 498. The van der Waals surface area contributed by atoms with Gasteiger partial charge in [-0.3, -0.25) is 0 Å². The summed E-state index contributed by atoms with van der Waals surface area (Å²) in [6.45, 7) is 4.28. The first-order valence-corrected chi connectivity index (χ1v) is 5.57. The van der Waals surface area contributed by atoms with E-state index in [-0.39, 0.29) is 6.10 Å². The molecule has 0 amide bonds. The minimum atomic E-state index is 0.00518. The van der Waals surface area contributed by atoms with Gasteiger partial charge >= 0.3 is 0 Å². The molecule has 2 heterocycles. The smallest absolute Gasteiger partial charge is 0.242 e. The maximum Gasteiger partial charge on any atom is 0.242 e. The van der Waals surface area contributed by atoms with Gasteiger partial charge in [-0.1, -0.05) is 5.16 Å². The van der Waals surface area contributed by atoms with Crippen LogP contribution >= 0.6 is 0 Å². The highest BCUT2D eigenvalue weighted by Crippen LogP contribution is 2.25. The summed E-state index contributed by atoms with van der Waals surface area (Å²) in [7, 11) is 0. The number of aromatic nitrogens is 3. The van der Waals surface area contributed by atoms with Gasteiger partial charge in [0.1, 0.15) is 24.0 Å². The molecule has 7 heteroatoms. The molecule has 96 valence electrons. The number of anilines is 2. The first-order chi connectivity index (χ1) is 8.66. The van der Waals surface area contributed by atoms with E-state index >= 15 is 0 Å². The maximum absolute atomic E-state index is 5.91. The minimum Gasteiger partial charge on any atom is -0.473 e. The van der Waals surface area contributed by atoms with Gasteiger partial charge in [0.05, 0.1) is 12.6 Å². The Morgan fingerprint density at radius 3 is 2.94 bits per heavy atom. The summed E-state index contributed by atoms with van der Waals surface area (Å²) >= 11 is 0. The Kier molecular flexibility index (Phi) is 3.61. The Labute approximate surface area is 104 Å². The van der Waals surface area contributed by atoms with Gasteiger partial charge in [0.15, 0.2) is 5.82 Å². The summed E-state index contributed by atoms with van der Waals surface area (Å²) < 4.78 is 10.2. The number of hydrogen-bond donors (Lipinski definition) is 2. The summed E-state index contributed by atoms with van der Waals surface area (Å²) in [6.07, 6.45) is 2.91. The number of ether oxygens (including phenoxy) is 1. The SMILES string of the molecule is CC(C)Oc1ncnc(NCc2ccon2)c1N. The molecule has 0 saturated carbocycles. The highest BCUT2D eigenvalue weighted by molar-refractivity contribution is 5.66. The second-order valence-corrected chi connectivity index (χ2v) is 3.95. The fourth-order valence-electron chi connectivity index (χ4n) is 1.34. The van der Waals surface area contributed by atoms with Gasteiger partial charge in [0.2, 0.25) is 5.88 Å². The number of nitrogens with zero attached hydrogens (tertiary/aromatic N) is 3. The molecule has 0 aliphatic rings. The van der Waals surface area contributed by atoms with E-state index in [1.54, 1.807) is 6.07 Å². The first-order valence-electron chi connectivity index (χ1n) is 5.57. The zero-order valence-corrected chi connectivity index (χ0v) is 10.3. The highest BCUT2D eigenvalue weighted by atomic mass is 16.5. The molecule has 18 heavy (non-hydrogen) atoms. The molecule has 7 nitrogen and oxygen atoms in total. The molecule has 2 aromatic heterocycles. The number of nitrogens with two attached hydrogens (primary N) is 1. The van der Waals surface area contributed by atoms with E-state index in [9.17, 15) is 0 Å². The molecule has 0 radical (unpaired) electrons. The van der Waals surface area contributed by atoms with Gasteiger partial charge in [0.25, 0.3) is 0 Å². The molecule has 0 fully saturated rings. The Morgan fingerprint density at radius 1 is 1.44 bits per heavy atom. The molecule has 0 atom stereocenters. The summed E-state index contributed by atoms with van der Waals surface area (Å²) in [6, 6.07) is 1.76. The predicted molar refractivity (Wildman–Crippen MR) is 66.0 cm³/mol. The molecule has 3 N–H and O–H groups in total. The van der Waals surface area contributed by atoms with E-state index in [1.165, 1.54) is 12.6 Å². The van der Waals surface area contributed by atoms with Crippen LogP contribution in [0.25, 0.3) is 0 Å². The number of nitrogen functional groups attached to an aromatic ring is 1. The van der Waals surface area contributed by atoms with Gasteiger partial charge in [-0.15, -0.1) is 0 Å². The van der Waals surface area contributed by atoms with Crippen LogP contribution in [0.15, 0.2) is 23.2 Å². The second-order valence-electron chi connectivity index (χ2n) is 3.95. The molecule has 0 unspecified atom stereocenters. The van der Waals surface area contributed by atoms with Crippen LogP contribution in [0.2, 0.25) is 0 Å². The molecule has 0 aliphatic carbocycles. The standard InChI is InChI=1S/C11H15N5O2/c1-7(2)18-11-9(12)10(14-6-15-11)13-5-8-3-4-17-16-8/h3-4,6-7H,5,12H2,1-2H3,(H,13,14,15). The van der Waals surface area contributed by atoms with E-state index in [2.05, 4.69) is 20.4 Å². The quantitative estimate of drug-likeness (QED) is 0.827. The van der Waals surface area contributed by atoms with Crippen LogP contribution in [0.3, 0.4) is 0 Å². The van der Waals surface area contributed by atoms with Crippen LogP contribution in [0.1, 0.15) is 19.5 Å². The molecule has 0 saturated heterocycles. The van der Waals surface area contributed by atoms with Crippen molar-refractivity contribution in [2.45, 2.75) is 26.5 Å². The molecule has 2 rings (SSSR count). The van der Waals surface area contributed by atoms with Crippen LogP contribution in [-0.2, 0) is 6.54 Å². The third kappa shape index (κ3) is 2.88. The van der Waals surface area contributed by atoms with Crippen molar-refractivity contribution in [3.63, 3.8) is 0 Å². The van der Waals surface area contributed by atoms with Crippen molar-refractivity contribution >= 4 is 11.5 Å². The third-order valence-corrected chi connectivity index (χ3v) is 2.12. The minimum absolute atomic E-state index is 0.00518. The van der Waals surface area contributed by atoms with Crippen LogP contribution in [0, 0.1) is 0 Å². The zero-order chi connectivity index (χ0) is 13.0. The van der Waals surface area contributed by atoms with Crippen molar-refractivity contribution < 1.29 is 9.26 Å². The van der Waals surface area contributed by atoms with Crippen molar-refractivity contribution in [1.82, 2.24) is 15.1 Å². The lowest BCUT2D eigenvalue weighted by Crippen LogP contribution is -2.12. The Morgan fingerprint density at radius 2 is 2.28 bits per heavy atom. The van der Waals surface area contributed by atoms with Crippen LogP contribution in [0.5, 0.6) is 5.88 Å². The topological polar surface area (TPSA) is 99.1 Å². The maximum atomic E-state index is 5.91. The molecule has 0 spiro atoms. The van der Waals surface area contributed by atoms with Crippen LogP contribution in [-0.4, -0.2) is 21.2 Å². The van der Waals surface area contributed by atoms with Gasteiger partial charge < -0.3 is 20.3 Å². The lowest BCUT2D eigenvalue weighted by molar-refractivity contribution is 0.234. The van der Waals surface area contributed by atoms with Gasteiger partial charge in [-0.2, -0.15) is 4.98 Å². The third-order valence-electron chi connectivity index (χ3n) is 2.12. The fourth-order valence-corrected chi connectivity index (χ4v) is 1.34. The first kappa shape index (κ1) is 12.2. The van der Waals surface area contributed by atoms with E-state index in [4.69, 9.17) is 15.0 Å². The zero-order valence-electron chi connectivity index (χ0n) is 10.3. The Balaban J connectivity index is 2.08. The molecule has 0 aliphatic heterocycles. The number of nitrogens with one attached hydrogen (secondary N) is 1. The van der Waals surface area contributed by atoms with Crippen molar-refractivity contribution in [2.24, 2.45) is 0 Å². The second kappa shape index (κ2) is 5.35. The summed E-state index contributed by atoms with van der Waals surface area (Å²) in [5, 5.41) is 6.83. The molecule has 0 aromatic carbocycles. The van der Waals surface area contributed by atoms with E-state index in [0.717, 1.165) is 5.69 Å². The average Bonchev–Trinajstić information content (AvgIpc) is 2.83. The number of rotatable bonds is 5. The van der Waals surface area contributed by atoms with E-state index in [0.29, 0.717) is 23.9 Å². The lowest BCUT2D eigenvalue weighted by Gasteiger charge is -2.13. The number of hydrogen-bond acceptors (Lipinski definition) is 7. The molecular weight excluding hydrogens is 234 g/mol. The lowest BCUT2D eigenvalue weighted by atomic mass is 10.4. The summed E-state index contributed by atoms with van der Waals surface area (Å²) in [5.41, 5.74) is 7.06. The summed E-state index contributed by atoms with van der Waals surface area (Å²) in [4.78, 5) is 8.05. The van der Waals surface area contributed by atoms with Crippen LogP contribution < -0.4 is 15.8 Å². The van der Waals surface area contributed by atoms with Gasteiger partial charge in [0, 0.05) is 6.07 Å². The Hall–Kier alpha value is -2.31. The monoisotopic (exact) mass is 249 g/mol. The van der Waals surface area contributed by atoms with E-state index in [1.807, 2.05) is 13.8 Å². The molecule has 2 aromatic rings. The largest absolute Gasteiger partial charge is 0.473 e. The van der Waals surface area contributed by atoms with Crippen LogP contribution in [0.4, 0.5) is 11.5 Å². The van der Waals surface area contributed by atoms with Crippen molar-refractivity contribution in [1.29, 1.82) is 0 Å². The average molecular weight is 249 g/mol. The van der Waals surface area contributed by atoms with Gasteiger partial charge in [-0.05, 0) is 13.8 Å². The highest BCUT2D eigenvalue weighted by Gasteiger charge is 2.10. The van der Waals surface area contributed by atoms with Crippen molar-refractivity contribution in [3.8, 4) is 5.88 Å².